The Morgan fingerprint density at radius 1 is 1.30 bits per heavy atom. The van der Waals surface area contributed by atoms with E-state index < -0.39 is 5.60 Å². The third-order valence-electron chi connectivity index (χ3n) is 3.02. The Kier molecular flexibility index (Phi) is 7.47. The maximum atomic E-state index is 11.6. The Morgan fingerprint density at radius 3 is 2.65 bits per heavy atom. The average Bonchev–Trinajstić information content (AvgIpc) is 2.44. The van der Waals surface area contributed by atoms with E-state index in [-0.39, 0.29) is 12.6 Å². The molecule has 0 spiro atoms. The van der Waals surface area contributed by atoms with Crippen molar-refractivity contribution < 1.29 is 9.90 Å². The Morgan fingerprint density at radius 2 is 2.00 bits per heavy atom. The molecule has 0 saturated carbocycles. The van der Waals surface area contributed by atoms with Gasteiger partial charge in [0, 0.05) is 13.1 Å². The van der Waals surface area contributed by atoms with Crippen LogP contribution in [-0.2, 0) is 6.42 Å². The number of urea groups is 1. The zero-order chi connectivity index (χ0) is 14.8. The molecule has 1 rings (SSSR count). The summed E-state index contributed by atoms with van der Waals surface area (Å²) in [5.74, 6) is 0.879. The van der Waals surface area contributed by atoms with Crippen molar-refractivity contribution in [3.8, 4) is 0 Å². The highest BCUT2D eigenvalue weighted by molar-refractivity contribution is 7.98. The van der Waals surface area contributed by atoms with Gasteiger partial charge in [-0.25, -0.2) is 4.79 Å². The topological polar surface area (TPSA) is 61.4 Å². The lowest BCUT2D eigenvalue weighted by Gasteiger charge is -2.23. The first-order valence-corrected chi connectivity index (χ1v) is 8.20. The molecule has 0 unspecified atom stereocenters. The number of rotatable bonds is 8. The fraction of sp³-hybridized carbons (Fsp3) is 0.533. The summed E-state index contributed by atoms with van der Waals surface area (Å²) in [6.45, 7) is 2.60. The van der Waals surface area contributed by atoms with Gasteiger partial charge >= 0.3 is 6.03 Å². The van der Waals surface area contributed by atoms with E-state index in [4.69, 9.17) is 0 Å². The van der Waals surface area contributed by atoms with Gasteiger partial charge in [0.2, 0.25) is 0 Å². The molecule has 112 valence electrons. The first kappa shape index (κ1) is 16.9. The smallest absolute Gasteiger partial charge is 0.314 e. The molecule has 0 bridgehead atoms. The van der Waals surface area contributed by atoms with E-state index in [9.17, 15) is 9.90 Å². The van der Waals surface area contributed by atoms with Gasteiger partial charge < -0.3 is 15.7 Å². The first-order chi connectivity index (χ1) is 9.53. The Balaban J connectivity index is 2.17. The number of benzene rings is 1. The zero-order valence-corrected chi connectivity index (χ0v) is 13.0. The van der Waals surface area contributed by atoms with E-state index in [0.717, 1.165) is 12.2 Å². The van der Waals surface area contributed by atoms with Crippen LogP contribution < -0.4 is 10.6 Å². The molecular formula is C15H24N2O2S. The van der Waals surface area contributed by atoms with E-state index in [1.807, 2.05) is 36.6 Å². The van der Waals surface area contributed by atoms with Crippen molar-refractivity contribution in [3.05, 3.63) is 35.9 Å². The van der Waals surface area contributed by atoms with Crippen molar-refractivity contribution in [1.29, 1.82) is 0 Å². The van der Waals surface area contributed by atoms with Crippen molar-refractivity contribution in [3.63, 3.8) is 0 Å². The van der Waals surface area contributed by atoms with Gasteiger partial charge in [-0.2, -0.15) is 11.8 Å². The van der Waals surface area contributed by atoms with Crippen LogP contribution in [0.4, 0.5) is 4.79 Å². The molecule has 0 saturated heterocycles. The molecule has 1 aromatic rings. The Hall–Kier alpha value is -1.20. The van der Waals surface area contributed by atoms with Gasteiger partial charge in [-0.3, -0.25) is 0 Å². The Labute approximate surface area is 125 Å². The first-order valence-electron chi connectivity index (χ1n) is 6.80. The molecule has 1 atom stereocenters. The molecular weight excluding hydrogens is 272 g/mol. The van der Waals surface area contributed by atoms with Crippen molar-refractivity contribution in [2.75, 3.05) is 25.1 Å². The van der Waals surface area contributed by atoms with Crippen LogP contribution in [0.25, 0.3) is 0 Å². The molecule has 0 aliphatic carbocycles. The van der Waals surface area contributed by atoms with Crippen molar-refractivity contribution in [2.45, 2.75) is 25.4 Å². The van der Waals surface area contributed by atoms with Crippen LogP contribution in [0.5, 0.6) is 0 Å². The van der Waals surface area contributed by atoms with Crippen LogP contribution in [-0.4, -0.2) is 41.8 Å². The highest BCUT2D eigenvalue weighted by Gasteiger charge is 2.20. The molecule has 5 heteroatoms. The minimum absolute atomic E-state index is 0.231. The number of amides is 2. The normalized spacial score (nSPS) is 13.6. The number of hydrogen-bond donors (Lipinski definition) is 3. The molecule has 4 nitrogen and oxygen atoms in total. The highest BCUT2D eigenvalue weighted by Crippen LogP contribution is 2.11. The van der Waals surface area contributed by atoms with Crippen molar-refractivity contribution in [1.82, 2.24) is 10.6 Å². The summed E-state index contributed by atoms with van der Waals surface area (Å²) >= 11 is 1.69. The predicted molar refractivity (Wildman–Crippen MR) is 85.2 cm³/mol. The van der Waals surface area contributed by atoms with Gasteiger partial charge in [-0.05, 0) is 37.3 Å². The molecule has 0 aliphatic rings. The monoisotopic (exact) mass is 296 g/mol. The molecule has 0 aromatic heterocycles. The molecule has 2 amide bonds. The number of carbonyl (C=O) groups is 1. The van der Waals surface area contributed by atoms with E-state index in [1.54, 1.807) is 18.7 Å². The third-order valence-corrected chi connectivity index (χ3v) is 3.63. The maximum Gasteiger partial charge on any atom is 0.314 e. The highest BCUT2D eigenvalue weighted by atomic mass is 32.2. The average molecular weight is 296 g/mol. The van der Waals surface area contributed by atoms with Crippen LogP contribution >= 0.6 is 11.8 Å². The van der Waals surface area contributed by atoms with Gasteiger partial charge in [-0.1, -0.05) is 30.3 Å². The van der Waals surface area contributed by atoms with Crippen LogP contribution in [0.3, 0.4) is 0 Å². The Bertz CT molecular complexity index is 396. The fourth-order valence-corrected chi connectivity index (χ4v) is 2.35. The van der Waals surface area contributed by atoms with Gasteiger partial charge in [0.05, 0.1) is 5.60 Å². The molecule has 20 heavy (non-hydrogen) atoms. The maximum absolute atomic E-state index is 11.6. The molecule has 0 heterocycles. The van der Waals surface area contributed by atoms with Gasteiger partial charge in [0.25, 0.3) is 0 Å². The number of hydrogen-bond acceptors (Lipinski definition) is 3. The predicted octanol–water partition coefficient (Wildman–Crippen LogP) is 2.03. The fourth-order valence-electron chi connectivity index (χ4n) is 1.71. The summed E-state index contributed by atoms with van der Waals surface area (Å²) < 4.78 is 0. The SMILES string of the molecule is CSCC[C@](C)(O)CNC(=O)NCCc1ccccc1. The minimum Gasteiger partial charge on any atom is -0.388 e. The van der Waals surface area contributed by atoms with Gasteiger partial charge in [-0.15, -0.1) is 0 Å². The van der Waals surface area contributed by atoms with E-state index in [1.165, 1.54) is 5.56 Å². The van der Waals surface area contributed by atoms with Crippen LogP contribution in [0.2, 0.25) is 0 Å². The lowest BCUT2D eigenvalue weighted by atomic mass is 10.0. The zero-order valence-electron chi connectivity index (χ0n) is 12.2. The van der Waals surface area contributed by atoms with E-state index >= 15 is 0 Å². The second-order valence-electron chi connectivity index (χ2n) is 5.08. The van der Waals surface area contributed by atoms with Crippen LogP contribution in [0, 0.1) is 0 Å². The minimum atomic E-state index is -0.847. The summed E-state index contributed by atoms with van der Waals surface area (Å²) in [6, 6.07) is 9.78. The van der Waals surface area contributed by atoms with Crippen LogP contribution in [0.1, 0.15) is 18.9 Å². The lowest BCUT2D eigenvalue weighted by molar-refractivity contribution is 0.0594. The van der Waals surface area contributed by atoms with Crippen LogP contribution in [0.15, 0.2) is 30.3 Å². The number of aliphatic hydroxyl groups is 1. The largest absolute Gasteiger partial charge is 0.388 e. The number of carbonyl (C=O) groups excluding carboxylic acids is 1. The van der Waals surface area contributed by atoms with Crippen molar-refractivity contribution in [2.24, 2.45) is 0 Å². The molecule has 1 aromatic carbocycles. The second kappa shape index (κ2) is 8.87. The summed E-state index contributed by atoms with van der Waals surface area (Å²) in [5, 5.41) is 15.5. The molecule has 3 N–H and O–H groups in total. The molecule has 0 radical (unpaired) electrons. The summed E-state index contributed by atoms with van der Waals surface area (Å²) in [4.78, 5) is 11.6. The van der Waals surface area contributed by atoms with Crippen molar-refractivity contribution >= 4 is 17.8 Å². The molecule has 0 fully saturated rings. The molecule has 0 aliphatic heterocycles. The van der Waals surface area contributed by atoms with Gasteiger partial charge in [0.1, 0.15) is 0 Å². The summed E-state index contributed by atoms with van der Waals surface area (Å²) in [5.41, 5.74) is 0.347. The van der Waals surface area contributed by atoms with Gasteiger partial charge in [0.15, 0.2) is 0 Å². The standard InChI is InChI=1S/C15H24N2O2S/c1-15(19,9-11-20-2)12-17-14(18)16-10-8-13-6-4-3-5-7-13/h3-7,19H,8-12H2,1-2H3,(H2,16,17,18)/t15-/m0/s1. The summed E-state index contributed by atoms with van der Waals surface area (Å²) in [6.07, 6.45) is 3.47. The summed E-state index contributed by atoms with van der Waals surface area (Å²) in [7, 11) is 0. The third kappa shape index (κ3) is 7.40. The second-order valence-corrected chi connectivity index (χ2v) is 6.07. The lowest BCUT2D eigenvalue weighted by Crippen LogP contribution is -2.45. The van der Waals surface area contributed by atoms with E-state index in [0.29, 0.717) is 13.0 Å². The quantitative estimate of drug-likeness (QED) is 0.688. The number of nitrogens with one attached hydrogen (secondary N) is 2. The van der Waals surface area contributed by atoms with E-state index in [2.05, 4.69) is 10.6 Å². The number of thioether (sulfide) groups is 1.